The number of rotatable bonds is 9. The number of nitrogens with zero attached hydrogens (tertiary/aromatic N) is 3. The standard InChI is InChI=1S/C27H23FN4O2S/c28-22-11-7-20(8-12-22)18-35-27-31-24-4-1-14-29-25(24)32(27)17-19-5-9-21(10-6-19)26(33)30-15-13-23-3-2-16-34-23/h1-12,14,16H,13,15,17-18H2,(H,30,33). The van der Waals surface area contributed by atoms with Crippen LogP contribution in [0.4, 0.5) is 4.39 Å². The molecule has 2 aromatic carbocycles. The van der Waals surface area contributed by atoms with Gasteiger partial charge >= 0.3 is 0 Å². The van der Waals surface area contributed by atoms with E-state index >= 15 is 0 Å². The third-order valence-electron chi connectivity index (χ3n) is 5.54. The van der Waals surface area contributed by atoms with Gasteiger partial charge in [0, 0.05) is 30.5 Å². The van der Waals surface area contributed by atoms with Crippen LogP contribution in [0.2, 0.25) is 0 Å². The molecule has 0 radical (unpaired) electrons. The molecule has 5 rings (SSSR count). The third-order valence-corrected chi connectivity index (χ3v) is 6.59. The van der Waals surface area contributed by atoms with Crippen molar-refractivity contribution >= 4 is 28.8 Å². The molecule has 3 aromatic heterocycles. The Morgan fingerprint density at radius 1 is 1.00 bits per heavy atom. The maximum atomic E-state index is 13.2. The minimum atomic E-state index is -0.246. The molecule has 176 valence electrons. The van der Waals surface area contributed by atoms with E-state index in [1.54, 1.807) is 36.4 Å². The Balaban J connectivity index is 1.28. The summed E-state index contributed by atoms with van der Waals surface area (Å²) < 4.78 is 20.6. The van der Waals surface area contributed by atoms with Gasteiger partial charge in [-0.15, -0.1) is 0 Å². The van der Waals surface area contributed by atoms with Crippen molar-refractivity contribution in [2.24, 2.45) is 0 Å². The first-order valence-corrected chi connectivity index (χ1v) is 12.2. The smallest absolute Gasteiger partial charge is 0.251 e. The van der Waals surface area contributed by atoms with Crippen molar-refractivity contribution in [2.75, 3.05) is 6.54 Å². The molecular weight excluding hydrogens is 463 g/mol. The number of fused-ring (bicyclic) bond motifs is 1. The van der Waals surface area contributed by atoms with E-state index in [9.17, 15) is 9.18 Å². The Kier molecular flexibility index (Phi) is 6.90. The van der Waals surface area contributed by atoms with Crippen molar-refractivity contribution in [1.82, 2.24) is 19.9 Å². The zero-order valence-electron chi connectivity index (χ0n) is 18.9. The van der Waals surface area contributed by atoms with E-state index in [-0.39, 0.29) is 11.7 Å². The van der Waals surface area contributed by atoms with Crippen LogP contribution in [0.1, 0.15) is 27.2 Å². The number of carbonyl (C=O) groups excluding carboxylic acids is 1. The number of benzene rings is 2. The summed E-state index contributed by atoms with van der Waals surface area (Å²) in [5.74, 6) is 1.15. The van der Waals surface area contributed by atoms with Gasteiger partial charge in [-0.05, 0) is 59.7 Å². The zero-order valence-corrected chi connectivity index (χ0v) is 19.7. The Bertz CT molecular complexity index is 1410. The lowest BCUT2D eigenvalue weighted by Crippen LogP contribution is -2.25. The Labute approximate surface area is 206 Å². The minimum Gasteiger partial charge on any atom is -0.469 e. The predicted molar refractivity (Wildman–Crippen MR) is 134 cm³/mol. The summed E-state index contributed by atoms with van der Waals surface area (Å²) >= 11 is 1.58. The average Bonchev–Trinajstić information content (AvgIpc) is 3.52. The van der Waals surface area contributed by atoms with Crippen LogP contribution < -0.4 is 5.32 Å². The minimum absolute atomic E-state index is 0.117. The Morgan fingerprint density at radius 2 is 1.80 bits per heavy atom. The second kappa shape index (κ2) is 10.6. The Morgan fingerprint density at radius 3 is 2.57 bits per heavy atom. The lowest BCUT2D eigenvalue weighted by Gasteiger charge is -2.10. The molecule has 0 unspecified atom stereocenters. The van der Waals surface area contributed by atoms with Crippen LogP contribution in [0.3, 0.4) is 0 Å². The fourth-order valence-corrected chi connectivity index (χ4v) is 4.68. The molecule has 0 saturated carbocycles. The van der Waals surface area contributed by atoms with Crippen molar-refractivity contribution in [2.45, 2.75) is 23.9 Å². The number of pyridine rings is 1. The first kappa shape index (κ1) is 22.9. The maximum Gasteiger partial charge on any atom is 0.251 e. The summed E-state index contributed by atoms with van der Waals surface area (Å²) in [7, 11) is 0. The highest BCUT2D eigenvalue weighted by atomic mass is 32.2. The van der Waals surface area contributed by atoms with Gasteiger partial charge in [0.15, 0.2) is 10.8 Å². The van der Waals surface area contributed by atoms with Crippen LogP contribution >= 0.6 is 11.8 Å². The molecule has 35 heavy (non-hydrogen) atoms. The zero-order chi connectivity index (χ0) is 24.0. The molecule has 0 aliphatic carbocycles. The van der Waals surface area contributed by atoms with Gasteiger partial charge in [-0.3, -0.25) is 9.36 Å². The molecule has 6 nitrogen and oxygen atoms in total. The lowest BCUT2D eigenvalue weighted by atomic mass is 10.1. The maximum absolute atomic E-state index is 13.2. The number of hydrogen-bond acceptors (Lipinski definition) is 5. The predicted octanol–water partition coefficient (Wildman–Crippen LogP) is 5.48. The molecule has 1 N–H and O–H groups in total. The summed E-state index contributed by atoms with van der Waals surface area (Å²) in [6.07, 6.45) is 4.03. The summed E-state index contributed by atoms with van der Waals surface area (Å²) in [6.45, 7) is 1.08. The molecule has 0 aliphatic heterocycles. The number of thioether (sulfide) groups is 1. The second-order valence-corrected chi connectivity index (χ2v) is 8.97. The van der Waals surface area contributed by atoms with Crippen molar-refractivity contribution < 1.29 is 13.6 Å². The van der Waals surface area contributed by atoms with Crippen molar-refractivity contribution in [3.63, 3.8) is 0 Å². The quantitative estimate of drug-likeness (QED) is 0.280. The third kappa shape index (κ3) is 5.60. The van der Waals surface area contributed by atoms with E-state index in [0.29, 0.717) is 30.8 Å². The lowest BCUT2D eigenvalue weighted by molar-refractivity contribution is 0.0953. The van der Waals surface area contributed by atoms with Gasteiger partial charge in [0.05, 0.1) is 12.8 Å². The van der Waals surface area contributed by atoms with Crippen molar-refractivity contribution in [3.8, 4) is 0 Å². The van der Waals surface area contributed by atoms with Crippen molar-refractivity contribution in [1.29, 1.82) is 0 Å². The Hall–Kier alpha value is -3.91. The van der Waals surface area contributed by atoms with Gasteiger partial charge in [0.25, 0.3) is 5.91 Å². The highest BCUT2D eigenvalue weighted by Crippen LogP contribution is 2.27. The number of halogens is 1. The molecule has 0 atom stereocenters. The van der Waals surface area contributed by atoms with Gasteiger partial charge in [0.2, 0.25) is 0 Å². The number of aromatic nitrogens is 3. The largest absolute Gasteiger partial charge is 0.469 e. The summed E-state index contributed by atoms with van der Waals surface area (Å²) in [5.41, 5.74) is 4.28. The molecule has 0 aliphatic rings. The van der Waals surface area contributed by atoms with Gasteiger partial charge in [-0.25, -0.2) is 14.4 Å². The first-order chi connectivity index (χ1) is 17.2. The fourth-order valence-electron chi connectivity index (χ4n) is 3.72. The summed E-state index contributed by atoms with van der Waals surface area (Å²) in [5, 5.41) is 3.76. The normalized spacial score (nSPS) is 11.1. The first-order valence-electron chi connectivity index (χ1n) is 11.2. The van der Waals surface area contributed by atoms with Crippen LogP contribution in [0.25, 0.3) is 11.2 Å². The number of hydrogen-bond donors (Lipinski definition) is 1. The average molecular weight is 487 g/mol. The summed E-state index contributed by atoms with van der Waals surface area (Å²) in [6, 6.07) is 21.6. The molecule has 0 spiro atoms. The van der Waals surface area contributed by atoms with E-state index in [1.165, 1.54) is 12.1 Å². The van der Waals surface area contributed by atoms with Crippen LogP contribution in [-0.2, 0) is 18.7 Å². The van der Waals surface area contributed by atoms with Gasteiger partial charge in [-0.2, -0.15) is 0 Å². The van der Waals surface area contributed by atoms with E-state index < -0.39 is 0 Å². The second-order valence-electron chi connectivity index (χ2n) is 8.02. The molecule has 0 saturated heterocycles. The monoisotopic (exact) mass is 486 g/mol. The van der Waals surface area contributed by atoms with Gasteiger partial charge in [-0.1, -0.05) is 36.0 Å². The molecular formula is C27H23FN4O2S. The van der Waals surface area contributed by atoms with Gasteiger partial charge < -0.3 is 9.73 Å². The van der Waals surface area contributed by atoms with Crippen LogP contribution in [0.5, 0.6) is 0 Å². The van der Waals surface area contributed by atoms with E-state index in [2.05, 4.69) is 14.9 Å². The number of carbonyl (C=O) groups is 1. The number of amides is 1. The highest BCUT2D eigenvalue weighted by Gasteiger charge is 2.14. The molecule has 8 heteroatoms. The summed E-state index contributed by atoms with van der Waals surface area (Å²) in [4.78, 5) is 21.8. The van der Waals surface area contributed by atoms with Crippen LogP contribution in [0.15, 0.2) is 94.8 Å². The van der Waals surface area contributed by atoms with E-state index in [0.717, 1.165) is 33.2 Å². The van der Waals surface area contributed by atoms with Gasteiger partial charge in [0.1, 0.15) is 17.1 Å². The number of imidazole rings is 1. The molecule has 0 fully saturated rings. The number of nitrogens with one attached hydrogen (secondary N) is 1. The topological polar surface area (TPSA) is 73.0 Å². The fraction of sp³-hybridized carbons (Fsp3) is 0.148. The SMILES string of the molecule is O=C(NCCc1ccco1)c1ccc(Cn2c(SCc3ccc(F)cc3)nc3cccnc32)cc1. The molecule has 0 bridgehead atoms. The van der Waals surface area contributed by atoms with E-state index in [1.807, 2.05) is 48.5 Å². The molecule has 5 aromatic rings. The highest BCUT2D eigenvalue weighted by molar-refractivity contribution is 7.98. The molecule has 3 heterocycles. The number of furan rings is 1. The van der Waals surface area contributed by atoms with E-state index in [4.69, 9.17) is 9.40 Å². The van der Waals surface area contributed by atoms with Crippen LogP contribution in [-0.4, -0.2) is 27.0 Å². The van der Waals surface area contributed by atoms with Crippen LogP contribution in [0, 0.1) is 5.82 Å². The molecule has 1 amide bonds. The van der Waals surface area contributed by atoms with Crippen molar-refractivity contribution in [3.05, 3.63) is 114 Å².